The first-order valence-electron chi connectivity index (χ1n) is 10.6. The molecule has 4 nitrogen and oxygen atoms in total. The summed E-state index contributed by atoms with van der Waals surface area (Å²) in [4.78, 5) is 26.8. The van der Waals surface area contributed by atoms with Crippen molar-refractivity contribution in [3.05, 3.63) is 35.4 Å². The predicted molar refractivity (Wildman–Crippen MR) is 111 cm³/mol. The van der Waals surface area contributed by atoms with Crippen molar-refractivity contribution in [1.82, 2.24) is 10.2 Å². The molecule has 2 amide bonds. The van der Waals surface area contributed by atoms with E-state index in [9.17, 15) is 9.59 Å². The number of nitrogens with zero attached hydrogens (tertiary/aromatic N) is 1. The van der Waals surface area contributed by atoms with Crippen molar-refractivity contribution in [2.45, 2.75) is 72.3 Å². The molecule has 0 spiro atoms. The molecule has 0 radical (unpaired) electrons. The van der Waals surface area contributed by atoms with Gasteiger partial charge in [-0.1, -0.05) is 52.0 Å². The number of likely N-dealkylation sites (tertiary alicyclic amines) is 1. The molecule has 1 heterocycles. The van der Waals surface area contributed by atoms with Crippen molar-refractivity contribution >= 4 is 11.8 Å². The molecular weight excluding hydrogens is 336 g/mol. The molecule has 2 rings (SSSR count). The van der Waals surface area contributed by atoms with Gasteiger partial charge in [-0.15, -0.1) is 0 Å². The molecular formula is C23H36N2O2. The van der Waals surface area contributed by atoms with Gasteiger partial charge in [0.2, 0.25) is 11.8 Å². The minimum atomic E-state index is 0.0800. The molecule has 0 saturated carbocycles. The molecule has 1 fully saturated rings. The van der Waals surface area contributed by atoms with E-state index in [1.165, 1.54) is 5.56 Å². The summed E-state index contributed by atoms with van der Waals surface area (Å²) in [7, 11) is 0. The monoisotopic (exact) mass is 372 g/mol. The van der Waals surface area contributed by atoms with Crippen molar-refractivity contribution in [3.8, 4) is 0 Å². The van der Waals surface area contributed by atoms with E-state index < -0.39 is 0 Å². The van der Waals surface area contributed by atoms with Crippen molar-refractivity contribution in [3.63, 3.8) is 0 Å². The third-order valence-electron chi connectivity index (χ3n) is 5.54. The van der Waals surface area contributed by atoms with E-state index in [0.717, 1.165) is 50.8 Å². The van der Waals surface area contributed by atoms with Gasteiger partial charge in [0.15, 0.2) is 0 Å². The molecule has 1 aromatic carbocycles. The Balaban J connectivity index is 1.76. The van der Waals surface area contributed by atoms with Crippen molar-refractivity contribution in [2.75, 3.05) is 13.1 Å². The van der Waals surface area contributed by atoms with Crippen LogP contribution in [0.5, 0.6) is 0 Å². The Labute approximate surface area is 164 Å². The third-order valence-corrected chi connectivity index (χ3v) is 5.54. The minimum Gasteiger partial charge on any atom is -0.353 e. The quantitative estimate of drug-likeness (QED) is 0.750. The summed E-state index contributed by atoms with van der Waals surface area (Å²) in [5.41, 5.74) is 2.38. The molecule has 1 saturated heterocycles. The fourth-order valence-electron chi connectivity index (χ4n) is 3.87. The first-order valence-corrected chi connectivity index (χ1v) is 10.6. The van der Waals surface area contributed by atoms with Crippen LogP contribution in [0, 0.1) is 11.8 Å². The summed E-state index contributed by atoms with van der Waals surface area (Å²) in [6.45, 7) is 10.1. The van der Waals surface area contributed by atoms with Gasteiger partial charge in [0.1, 0.15) is 0 Å². The Hall–Kier alpha value is -1.84. The molecule has 1 aliphatic rings. The van der Waals surface area contributed by atoms with Crippen LogP contribution in [0.1, 0.15) is 64.5 Å². The van der Waals surface area contributed by atoms with Crippen LogP contribution in [0.4, 0.5) is 0 Å². The molecule has 1 aliphatic heterocycles. The average molecular weight is 373 g/mol. The largest absolute Gasteiger partial charge is 0.353 e. The Morgan fingerprint density at radius 1 is 1.04 bits per heavy atom. The Kier molecular flexibility index (Phi) is 8.33. The molecule has 0 unspecified atom stereocenters. The standard InChI is InChI=1S/C23H36N2O2/c1-5-20(6-2)23(27)25-13-11-21(12-14-25)24-22(26)16-19-9-7-18(8-10-19)15-17(3)4/h7-10,17,20-21H,5-6,11-16H2,1-4H3,(H,24,26). The van der Waals surface area contributed by atoms with Crippen LogP contribution in [-0.2, 0) is 22.4 Å². The third kappa shape index (κ3) is 6.67. The van der Waals surface area contributed by atoms with Crippen LogP contribution >= 0.6 is 0 Å². The zero-order valence-corrected chi connectivity index (χ0v) is 17.5. The lowest BCUT2D eigenvalue weighted by Gasteiger charge is -2.34. The summed E-state index contributed by atoms with van der Waals surface area (Å²) in [6.07, 6.45) is 5.01. The van der Waals surface area contributed by atoms with Gasteiger partial charge in [-0.3, -0.25) is 9.59 Å². The van der Waals surface area contributed by atoms with E-state index in [4.69, 9.17) is 0 Å². The van der Waals surface area contributed by atoms with Gasteiger partial charge in [-0.05, 0) is 49.1 Å². The lowest BCUT2D eigenvalue weighted by atomic mass is 9.98. The molecule has 0 atom stereocenters. The highest BCUT2D eigenvalue weighted by atomic mass is 16.2. The number of nitrogens with one attached hydrogen (secondary N) is 1. The fourth-order valence-corrected chi connectivity index (χ4v) is 3.87. The van der Waals surface area contributed by atoms with Gasteiger partial charge in [0, 0.05) is 25.0 Å². The van der Waals surface area contributed by atoms with Crippen LogP contribution in [0.15, 0.2) is 24.3 Å². The average Bonchev–Trinajstić information content (AvgIpc) is 2.64. The van der Waals surface area contributed by atoms with Crippen molar-refractivity contribution in [1.29, 1.82) is 0 Å². The second kappa shape index (κ2) is 10.5. The summed E-state index contributed by atoms with van der Waals surface area (Å²) in [5, 5.41) is 3.15. The Morgan fingerprint density at radius 3 is 2.11 bits per heavy atom. The van der Waals surface area contributed by atoms with Crippen LogP contribution in [-0.4, -0.2) is 35.8 Å². The van der Waals surface area contributed by atoms with Crippen LogP contribution in [0.25, 0.3) is 0 Å². The summed E-state index contributed by atoms with van der Waals surface area (Å²) in [6, 6.07) is 8.57. The normalized spacial score (nSPS) is 15.4. The van der Waals surface area contributed by atoms with E-state index in [-0.39, 0.29) is 23.8 Å². The summed E-state index contributed by atoms with van der Waals surface area (Å²) in [5.74, 6) is 1.15. The molecule has 0 bridgehead atoms. The van der Waals surface area contributed by atoms with Gasteiger partial charge in [-0.2, -0.15) is 0 Å². The number of amides is 2. The van der Waals surface area contributed by atoms with E-state index in [1.54, 1.807) is 0 Å². The van der Waals surface area contributed by atoms with Gasteiger partial charge in [0.25, 0.3) is 0 Å². The highest BCUT2D eigenvalue weighted by Crippen LogP contribution is 2.17. The van der Waals surface area contributed by atoms with Gasteiger partial charge in [0.05, 0.1) is 6.42 Å². The lowest BCUT2D eigenvalue weighted by molar-refractivity contribution is -0.137. The smallest absolute Gasteiger partial charge is 0.225 e. The first-order chi connectivity index (χ1) is 12.9. The maximum absolute atomic E-state index is 12.5. The Morgan fingerprint density at radius 2 is 1.59 bits per heavy atom. The highest BCUT2D eigenvalue weighted by Gasteiger charge is 2.27. The summed E-state index contributed by atoms with van der Waals surface area (Å²) < 4.78 is 0. The molecule has 0 aliphatic carbocycles. The number of rotatable bonds is 8. The van der Waals surface area contributed by atoms with Crippen molar-refractivity contribution < 1.29 is 9.59 Å². The van der Waals surface area contributed by atoms with Gasteiger partial charge < -0.3 is 10.2 Å². The second-order valence-corrected chi connectivity index (χ2v) is 8.27. The summed E-state index contributed by atoms with van der Waals surface area (Å²) >= 11 is 0. The maximum Gasteiger partial charge on any atom is 0.225 e. The lowest BCUT2D eigenvalue weighted by Crippen LogP contribution is -2.48. The van der Waals surface area contributed by atoms with E-state index >= 15 is 0 Å². The van der Waals surface area contributed by atoms with E-state index in [0.29, 0.717) is 12.3 Å². The SMILES string of the molecule is CCC(CC)C(=O)N1CCC(NC(=O)Cc2ccc(CC(C)C)cc2)CC1. The van der Waals surface area contributed by atoms with E-state index in [2.05, 4.69) is 57.3 Å². The van der Waals surface area contributed by atoms with Crippen LogP contribution < -0.4 is 5.32 Å². The molecule has 27 heavy (non-hydrogen) atoms. The van der Waals surface area contributed by atoms with Gasteiger partial charge >= 0.3 is 0 Å². The fraction of sp³-hybridized carbons (Fsp3) is 0.652. The number of piperidine rings is 1. The zero-order chi connectivity index (χ0) is 19.8. The molecule has 1 N–H and O–H groups in total. The number of hydrogen-bond donors (Lipinski definition) is 1. The maximum atomic E-state index is 12.5. The van der Waals surface area contributed by atoms with Crippen molar-refractivity contribution in [2.24, 2.45) is 11.8 Å². The Bertz CT molecular complexity index is 597. The molecule has 0 aromatic heterocycles. The number of carbonyl (C=O) groups is 2. The molecule has 4 heteroatoms. The zero-order valence-electron chi connectivity index (χ0n) is 17.5. The van der Waals surface area contributed by atoms with Gasteiger partial charge in [-0.25, -0.2) is 0 Å². The second-order valence-electron chi connectivity index (χ2n) is 8.27. The number of benzene rings is 1. The molecule has 150 valence electrons. The highest BCUT2D eigenvalue weighted by molar-refractivity contribution is 5.80. The first kappa shape index (κ1) is 21.5. The minimum absolute atomic E-state index is 0.0800. The van der Waals surface area contributed by atoms with Crippen LogP contribution in [0.3, 0.4) is 0 Å². The predicted octanol–water partition coefficient (Wildman–Crippen LogP) is 3.97. The van der Waals surface area contributed by atoms with E-state index in [1.807, 2.05) is 4.90 Å². The van der Waals surface area contributed by atoms with Crippen LogP contribution in [0.2, 0.25) is 0 Å². The number of hydrogen-bond acceptors (Lipinski definition) is 2. The molecule has 1 aromatic rings. The number of carbonyl (C=O) groups excluding carboxylic acids is 2. The topological polar surface area (TPSA) is 49.4 Å².